The summed E-state index contributed by atoms with van der Waals surface area (Å²) >= 11 is 0. The highest BCUT2D eigenvalue weighted by Gasteiger charge is 2.10. The van der Waals surface area contributed by atoms with Crippen molar-refractivity contribution in [3.63, 3.8) is 0 Å². The Hall–Kier alpha value is -1.59. The lowest BCUT2D eigenvalue weighted by Crippen LogP contribution is -2.41. The number of nitrogens with zero attached hydrogens (tertiary/aromatic N) is 1. The highest BCUT2D eigenvalue weighted by atomic mass is 16.5. The fourth-order valence-corrected chi connectivity index (χ4v) is 2.11. The average Bonchev–Trinajstić information content (AvgIpc) is 2.43. The third kappa shape index (κ3) is 4.54. The number of nitrogens with one attached hydrogen (secondary N) is 1. The van der Waals surface area contributed by atoms with Crippen molar-refractivity contribution in [1.82, 2.24) is 10.2 Å². The molecule has 0 radical (unpaired) electrons. The van der Waals surface area contributed by atoms with E-state index in [1.165, 1.54) is 0 Å². The smallest absolute Gasteiger partial charge is 0.224 e. The number of ether oxygens (including phenoxy) is 1. The minimum atomic E-state index is 0.0196. The summed E-state index contributed by atoms with van der Waals surface area (Å²) < 4.78 is 5.28. The molecule has 0 bridgehead atoms. The second-order valence-electron chi connectivity index (χ2n) is 4.68. The number of nitrogens with two attached hydrogens (primary N) is 1. The first kappa shape index (κ1) is 13.8. The van der Waals surface area contributed by atoms with Crippen LogP contribution in [0.1, 0.15) is 5.56 Å². The van der Waals surface area contributed by atoms with Gasteiger partial charge in [0.15, 0.2) is 0 Å². The molecule has 1 aliphatic heterocycles. The Balaban J connectivity index is 1.68. The van der Waals surface area contributed by atoms with Crippen LogP contribution in [0.3, 0.4) is 0 Å². The summed E-state index contributed by atoms with van der Waals surface area (Å²) in [6.07, 6.45) is 0.343. The molecule has 0 atom stereocenters. The maximum atomic E-state index is 11.8. The fourth-order valence-electron chi connectivity index (χ4n) is 2.11. The molecule has 19 heavy (non-hydrogen) atoms. The number of rotatable bonds is 5. The molecule has 0 saturated carbocycles. The van der Waals surface area contributed by atoms with Crippen molar-refractivity contribution in [1.29, 1.82) is 0 Å². The summed E-state index contributed by atoms with van der Waals surface area (Å²) in [5.74, 6) is 0.0196. The number of carbonyl (C=O) groups is 1. The topological polar surface area (TPSA) is 67.6 Å². The van der Waals surface area contributed by atoms with Crippen LogP contribution < -0.4 is 11.1 Å². The Kier molecular flexibility index (Phi) is 5.18. The molecule has 0 aliphatic carbocycles. The van der Waals surface area contributed by atoms with Gasteiger partial charge in [-0.05, 0) is 11.6 Å². The van der Waals surface area contributed by atoms with Crippen LogP contribution in [0.2, 0.25) is 0 Å². The molecule has 1 heterocycles. The van der Waals surface area contributed by atoms with E-state index in [4.69, 9.17) is 10.5 Å². The lowest BCUT2D eigenvalue weighted by molar-refractivity contribution is -0.120. The maximum Gasteiger partial charge on any atom is 0.224 e. The summed E-state index contributed by atoms with van der Waals surface area (Å²) in [4.78, 5) is 14.1. The predicted molar refractivity (Wildman–Crippen MR) is 74.8 cm³/mol. The number of anilines is 1. The van der Waals surface area contributed by atoms with Crippen LogP contribution in [0.5, 0.6) is 0 Å². The van der Waals surface area contributed by atoms with Crippen LogP contribution >= 0.6 is 0 Å². The summed E-state index contributed by atoms with van der Waals surface area (Å²) in [5, 5.41) is 2.93. The van der Waals surface area contributed by atoms with Gasteiger partial charge in [-0.15, -0.1) is 0 Å². The van der Waals surface area contributed by atoms with E-state index in [-0.39, 0.29) is 5.91 Å². The van der Waals surface area contributed by atoms with Gasteiger partial charge in [-0.25, -0.2) is 0 Å². The third-order valence-electron chi connectivity index (χ3n) is 3.26. The van der Waals surface area contributed by atoms with E-state index in [1.54, 1.807) is 0 Å². The molecule has 5 heteroatoms. The van der Waals surface area contributed by atoms with Gasteiger partial charge in [-0.2, -0.15) is 0 Å². The summed E-state index contributed by atoms with van der Waals surface area (Å²) in [5.41, 5.74) is 7.37. The summed E-state index contributed by atoms with van der Waals surface area (Å²) in [7, 11) is 0. The standard InChI is InChI=1S/C14H21N3O2/c15-13-4-2-1-3-12(13)11-14(18)16-5-6-17-7-9-19-10-8-17/h1-4H,5-11,15H2,(H,16,18). The van der Waals surface area contributed by atoms with Crippen molar-refractivity contribution in [3.05, 3.63) is 29.8 Å². The third-order valence-corrected chi connectivity index (χ3v) is 3.26. The molecule has 1 aliphatic rings. The molecule has 0 unspecified atom stereocenters. The maximum absolute atomic E-state index is 11.8. The van der Waals surface area contributed by atoms with Crippen molar-refractivity contribution < 1.29 is 9.53 Å². The Bertz CT molecular complexity index is 417. The molecule has 5 nitrogen and oxygen atoms in total. The van der Waals surface area contributed by atoms with E-state index in [0.717, 1.165) is 38.4 Å². The Labute approximate surface area is 113 Å². The van der Waals surface area contributed by atoms with Gasteiger partial charge in [0.2, 0.25) is 5.91 Å². The van der Waals surface area contributed by atoms with Gasteiger partial charge in [0.1, 0.15) is 0 Å². The van der Waals surface area contributed by atoms with Crippen LogP contribution in [-0.4, -0.2) is 50.2 Å². The van der Waals surface area contributed by atoms with Gasteiger partial charge in [-0.1, -0.05) is 18.2 Å². The number of carbonyl (C=O) groups excluding carboxylic acids is 1. The van der Waals surface area contributed by atoms with Crippen LogP contribution in [-0.2, 0) is 16.0 Å². The van der Waals surface area contributed by atoms with Crippen molar-refractivity contribution in [2.75, 3.05) is 45.1 Å². The number of hydrogen-bond donors (Lipinski definition) is 2. The molecular weight excluding hydrogens is 242 g/mol. The highest BCUT2D eigenvalue weighted by Crippen LogP contribution is 2.10. The Morgan fingerprint density at radius 1 is 1.32 bits per heavy atom. The highest BCUT2D eigenvalue weighted by molar-refractivity contribution is 5.80. The van der Waals surface area contributed by atoms with Gasteiger partial charge >= 0.3 is 0 Å². The molecule has 1 amide bonds. The number of nitrogen functional groups attached to an aromatic ring is 1. The molecule has 2 rings (SSSR count). The zero-order valence-electron chi connectivity index (χ0n) is 11.1. The second-order valence-corrected chi connectivity index (χ2v) is 4.68. The van der Waals surface area contributed by atoms with Crippen LogP contribution in [0.4, 0.5) is 5.69 Å². The first-order chi connectivity index (χ1) is 9.25. The van der Waals surface area contributed by atoms with Gasteiger partial charge in [-0.3, -0.25) is 9.69 Å². The van der Waals surface area contributed by atoms with Gasteiger partial charge in [0.25, 0.3) is 0 Å². The lowest BCUT2D eigenvalue weighted by atomic mass is 10.1. The normalized spacial score (nSPS) is 16.2. The summed E-state index contributed by atoms with van der Waals surface area (Å²) in [6.45, 7) is 5.01. The SMILES string of the molecule is Nc1ccccc1CC(=O)NCCN1CCOCC1. The van der Waals surface area contributed by atoms with Crippen molar-refractivity contribution in [3.8, 4) is 0 Å². The zero-order valence-corrected chi connectivity index (χ0v) is 11.1. The van der Waals surface area contributed by atoms with Gasteiger partial charge in [0, 0.05) is 31.9 Å². The first-order valence-electron chi connectivity index (χ1n) is 6.66. The first-order valence-corrected chi connectivity index (χ1v) is 6.66. The molecule has 1 aromatic carbocycles. The van der Waals surface area contributed by atoms with E-state index < -0.39 is 0 Å². The minimum Gasteiger partial charge on any atom is -0.398 e. The second kappa shape index (κ2) is 7.11. The average molecular weight is 263 g/mol. The zero-order chi connectivity index (χ0) is 13.5. The molecule has 104 valence electrons. The number of amides is 1. The quantitative estimate of drug-likeness (QED) is 0.748. The molecule has 3 N–H and O–H groups in total. The van der Waals surface area contributed by atoms with Crippen LogP contribution in [0.25, 0.3) is 0 Å². The number of benzene rings is 1. The van der Waals surface area contributed by atoms with Crippen LogP contribution in [0, 0.1) is 0 Å². The molecule has 0 spiro atoms. The lowest BCUT2D eigenvalue weighted by Gasteiger charge is -2.26. The minimum absolute atomic E-state index is 0.0196. The van der Waals surface area contributed by atoms with Crippen LogP contribution in [0.15, 0.2) is 24.3 Å². The largest absolute Gasteiger partial charge is 0.398 e. The molecule has 1 aromatic rings. The monoisotopic (exact) mass is 263 g/mol. The Morgan fingerprint density at radius 3 is 2.79 bits per heavy atom. The molecular formula is C14H21N3O2. The van der Waals surface area contributed by atoms with Gasteiger partial charge in [0.05, 0.1) is 19.6 Å². The summed E-state index contributed by atoms with van der Waals surface area (Å²) in [6, 6.07) is 7.47. The van der Waals surface area contributed by atoms with E-state index >= 15 is 0 Å². The fraction of sp³-hybridized carbons (Fsp3) is 0.500. The Morgan fingerprint density at radius 2 is 2.05 bits per heavy atom. The number of para-hydroxylation sites is 1. The number of hydrogen-bond acceptors (Lipinski definition) is 4. The molecule has 1 fully saturated rings. The van der Waals surface area contributed by atoms with E-state index in [0.29, 0.717) is 18.7 Å². The van der Waals surface area contributed by atoms with E-state index in [2.05, 4.69) is 10.2 Å². The number of morpholine rings is 1. The van der Waals surface area contributed by atoms with Crippen molar-refractivity contribution in [2.24, 2.45) is 0 Å². The predicted octanol–water partition coefficient (Wildman–Crippen LogP) is 0.260. The molecule has 0 aromatic heterocycles. The van der Waals surface area contributed by atoms with E-state index in [1.807, 2.05) is 24.3 Å². The van der Waals surface area contributed by atoms with Crippen molar-refractivity contribution in [2.45, 2.75) is 6.42 Å². The van der Waals surface area contributed by atoms with Crippen molar-refractivity contribution >= 4 is 11.6 Å². The van der Waals surface area contributed by atoms with E-state index in [9.17, 15) is 4.79 Å². The van der Waals surface area contributed by atoms with Gasteiger partial charge < -0.3 is 15.8 Å². The molecule has 1 saturated heterocycles.